The molecule has 5 heteroatoms. The van der Waals surface area contributed by atoms with Crippen LogP contribution in [0.1, 0.15) is 49.6 Å². The highest BCUT2D eigenvalue weighted by Gasteiger charge is 2.21. The normalized spacial score (nSPS) is 11.8. The highest BCUT2D eigenvalue weighted by molar-refractivity contribution is 9.10. The van der Waals surface area contributed by atoms with Gasteiger partial charge in [0, 0.05) is 12.6 Å². The van der Waals surface area contributed by atoms with Crippen molar-refractivity contribution in [2.75, 3.05) is 0 Å². The molecule has 0 saturated heterocycles. The highest BCUT2D eigenvalue weighted by Crippen LogP contribution is 2.32. The minimum Gasteiger partial charge on any atom is -0.337 e. The van der Waals surface area contributed by atoms with Crippen LogP contribution in [0.15, 0.2) is 22.8 Å². The molecule has 3 heterocycles. The van der Waals surface area contributed by atoms with E-state index in [-0.39, 0.29) is 0 Å². The number of fused-ring (bicyclic) bond motifs is 1. The van der Waals surface area contributed by atoms with Gasteiger partial charge in [0.15, 0.2) is 5.65 Å². The zero-order valence-corrected chi connectivity index (χ0v) is 16.0. The average molecular weight is 375 g/mol. The maximum atomic E-state index is 4.87. The van der Waals surface area contributed by atoms with Gasteiger partial charge in [-0.1, -0.05) is 13.8 Å². The molecular formula is C18H23BrN4. The number of nitrogens with zero attached hydrogens (tertiary/aromatic N) is 4. The van der Waals surface area contributed by atoms with Crippen LogP contribution in [0.5, 0.6) is 0 Å². The van der Waals surface area contributed by atoms with Crippen LogP contribution in [0.3, 0.4) is 0 Å². The van der Waals surface area contributed by atoms with Crippen molar-refractivity contribution < 1.29 is 0 Å². The van der Waals surface area contributed by atoms with E-state index in [9.17, 15) is 0 Å². The monoisotopic (exact) mass is 374 g/mol. The summed E-state index contributed by atoms with van der Waals surface area (Å²) in [5.74, 6) is 0.522. The van der Waals surface area contributed by atoms with Crippen LogP contribution in [0.4, 0.5) is 0 Å². The third-order valence-electron chi connectivity index (χ3n) is 4.64. The SMILES string of the molecule is CCC(CC)c1cc(C)nn2c(-c3ccc(Br)n3C)c(C)nc12. The predicted molar refractivity (Wildman–Crippen MR) is 97.9 cm³/mol. The summed E-state index contributed by atoms with van der Waals surface area (Å²) >= 11 is 3.58. The third-order valence-corrected chi connectivity index (χ3v) is 5.43. The number of hydrogen-bond donors (Lipinski definition) is 0. The van der Waals surface area contributed by atoms with Crippen molar-refractivity contribution in [3.8, 4) is 11.4 Å². The summed E-state index contributed by atoms with van der Waals surface area (Å²) in [5.41, 5.74) is 6.55. The Morgan fingerprint density at radius 1 is 1.17 bits per heavy atom. The zero-order chi connectivity index (χ0) is 16.7. The summed E-state index contributed by atoms with van der Waals surface area (Å²) in [6, 6.07) is 6.37. The van der Waals surface area contributed by atoms with Gasteiger partial charge in [0.2, 0.25) is 0 Å². The molecule has 0 spiro atoms. The quantitative estimate of drug-likeness (QED) is 0.642. The molecule has 23 heavy (non-hydrogen) atoms. The van der Waals surface area contributed by atoms with Crippen molar-refractivity contribution in [1.82, 2.24) is 19.2 Å². The van der Waals surface area contributed by atoms with Crippen LogP contribution in [0.25, 0.3) is 17.0 Å². The molecule has 0 fully saturated rings. The topological polar surface area (TPSA) is 35.1 Å². The Morgan fingerprint density at radius 2 is 1.87 bits per heavy atom. The lowest BCUT2D eigenvalue weighted by molar-refractivity contribution is 0.638. The maximum Gasteiger partial charge on any atom is 0.158 e. The second kappa shape index (κ2) is 6.11. The first-order valence-corrected chi connectivity index (χ1v) is 8.95. The second-order valence-electron chi connectivity index (χ2n) is 6.14. The van der Waals surface area contributed by atoms with E-state index < -0.39 is 0 Å². The van der Waals surface area contributed by atoms with Crippen molar-refractivity contribution in [3.05, 3.63) is 39.8 Å². The fourth-order valence-corrected chi connectivity index (χ4v) is 3.65. The maximum absolute atomic E-state index is 4.87. The van der Waals surface area contributed by atoms with E-state index in [0.717, 1.165) is 45.9 Å². The first kappa shape index (κ1) is 16.2. The Morgan fingerprint density at radius 3 is 2.43 bits per heavy atom. The lowest BCUT2D eigenvalue weighted by atomic mass is 9.95. The van der Waals surface area contributed by atoms with E-state index in [4.69, 9.17) is 10.1 Å². The van der Waals surface area contributed by atoms with Gasteiger partial charge in [-0.2, -0.15) is 5.10 Å². The Kier molecular flexibility index (Phi) is 4.32. The van der Waals surface area contributed by atoms with Crippen molar-refractivity contribution in [1.29, 1.82) is 0 Å². The molecule has 0 unspecified atom stereocenters. The Hall–Kier alpha value is -1.62. The van der Waals surface area contributed by atoms with E-state index in [1.165, 1.54) is 5.56 Å². The molecule has 0 bridgehead atoms. The molecule has 0 radical (unpaired) electrons. The van der Waals surface area contributed by atoms with E-state index in [0.29, 0.717) is 5.92 Å². The van der Waals surface area contributed by atoms with Gasteiger partial charge in [-0.25, -0.2) is 9.50 Å². The molecule has 122 valence electrons. The van der Waals surface area contributed by atoms with Gasteiger partial charge in [-0.05, 0) is 66.7 Å². The summed E-state index contributed by atoms with van der Waals surface area (Å²) in [5, 5.41) is 4.76. The summed E-state index contributed by atoms with van der Waals surface area (Å²) in [4.78, 5) is 4.87. The Bertz CT molecular complexity index is 856. The second-order valence-corrected chi connectivity index (χ2v) is 6.95. The van der Waals surface area contributed by atoms with Crippen molar-refractivity contribution in [3.63, 3.8) is 0 Å². The molecule has 0 saturated carbocycles. The van der Waals surface area contributed by atoms with Crippen LogP contribution in [0.2, 0.25) is 0 Å². The molecular weight excluding hydrogens is 352 g/mol. The summed E-state index contributed by atoms with van der Waals surface area (Å²) in [6.07, 6.45) is 2.24. The van der Waals surface area contributed by atoms with Crippen LogP contribution in [-0.2, 0) is 7.05 Å². The van der Waals surface area contributed by atoms with Crippen LogP contribution >= 0.6 is 15.9 Å². The standard InChI is InChI=1S/C18H23BrN4/c1-6-13(7-2)14-10-11(3)21-23-17(12(4)20-18(14)23)15-8-9-16(19)22(15)5/h8-10,13H,6-7H2,1-5H3. The number of hydrogen-bond acceptors (Lipinski definition) is 2. The van der Waals surface area contributed by atoms with E-state index in [1.807, 2.05) is 4.52 Å². The van der Waals surface area contributed by atoms with Gasteiger partial charge in [0.1, 0.15) is 5.69 Å². The molecule has 3 rings (SSSR count). The van der Waals surface area contributed by atoms with Crippen molar-refractivity contribution in [2.45, 2.75) is 46.5 Å². The molecule has 3 aromatic rings. The molecule has 0 aliphatic heterocycles. The largest absolute Gasteiger partial charge is 0.337 e. The number of rotatable bonds is 4. The number of halogens is 1. The molecule has 0 N–H and O–H groups in total. The minimum absolute atomic E-state index is 0.522. The van der Waals surface area contributed by atoms with Crippen LogP contribution < -0.4 is 0 Å². The van der Waals surface area contributed by atoms with E-state index in [1.54, 1.807) is 0 Å². The minimum atomic E-state index is 0.522. The lowest BCUT2D eigenvalue weighted by Crippen LogP contribution is -2.06. The van der Waals surface area contributed by atoms with Gasteiger partial charge in [-0.3, -0.25) is 0 Å². The number of aryl methyl sites for hydroxylation is 2. The Balaban J connectivity index is 2.33. The van der Waals surface area contributed by atoms with Gasteiger partial charge >= 0.3 is 0 Å². The van der Waals surface area contributed by atoms with Gasteiger partial charge in [-0.15, -0.1) is 0 Å². The fourth-order valence-electron chi connectivity index (χ4n) is 3.33. The number of aromatic nitrogens is 4. The van der Waals surface area contributed by atoms with Crippen LogP contribution in [-0.4, -0.2) is 19.2 Å². The van der Waals surface area contributed by atoms with E-state index >= 15 is 0 Å². The zero-order valence-electron chi connectivity index (χ0n) is 14.4. The molecule has 3 aromatic heterocycles. The molecule has 0 aliphatic rings. The molecule has 0 aliphatic carbocycles. The molecule has 0 amide bonds. The molecule has 4 nitrogen and oxygen atoms in total. The summed E-state index contributed by atoms with van der Waals surface area (Å²) < 4.78 is 5.20. The smallest absolute Gasteiger partial charge is 0.158 e. The highest BCUT2D eigenvalue weighted by atomic mass is 79.9. The van der Waals surface area contributed by atoms with Crippen LogP contribution in [0, 0.1) is 13.8 Å². The summed E-state index contributed by atoms with van der Waals surface area (Å²) in [7, 11) is 2.05. The number of imidazole rings is 1. The van der Waals surface area contributed by atoms with Gasteiger partial charge in [0.25, 0.3) is 0 Å². The van der Waals surface area contributed by atoms with E-state index in [2.05, 4.69) is 73.4 Å². The van der Waals surface area contributed by atoms with Crippen molar-refractivity contribution >= 4 is 21.6 Å². The predicted octanol–water partition coefficient (Wildman–Crippen LogP) is 5.02. The first-order chi connectivity index (χ1) is 11.0. The van der Waals surface area contributed by atoms with Crippen molar-refractivity contribution in [2.24, 2.45) is 7.05 Å². The molecule has 0 aromatic carbocycles. The molecule has 0 atom stereocenters. The lowest BCUT2D eigenvalue weighted by Gasteiger charge is -2.15. The fraction of sp³-hybridized carbons (Fsp3) is 0.444. The Labute approximate surface area is 145 Å². The summed E-state index contributed by atoms with van der Waals surface area (Å²) in [6.45, 7) is 8.61. The van der Waals surface area contributed by atoms with Gasteiger partial charge < -0.3 is 4.57 Å². The third kappa shape index (κ3) is 2.61. The van der Waals surface area contributed by atoms with Gasteiger partial charge in [0.05, 0.1) is 21.7 Å². The first-order valence-electron chi connectivity index (χ1n) is 8.16. The average Bonchev–Trinajstić information content (AvgIpc) is 3.01.